The Kier molecular flexibility index (Phi) is 6.26. The van der Waals surface area contributed by atoms with Gasteiger partial charge in [0.15, 0.2) is 5.13 Å². The van der Waals surface area contributed by atoms with Gasteiger partial charge in [0.2, 0.25) is 0 Å². The molecule has 0 spiro atoms. The summed E-state index contributed by atoms with van der Waals surface area (Å²) >= 11 is 1.83. The zero-order valence-electron chi connectivity index (χ0n) is 12.9. The number of nitrogens with zero attached hydrogens (tertiary/aromatic N) is 2. The van der Waals surface area contributed by atoms with Gasteiger partial charge >= 0.3 is 0 Å². The molecule has 1 aromatic rings. The van der Waals surface area contributed by atoms with Crippen molar-refractivity contribution in [1.29, 1.82) is 0 Å². The van der Waals surface area contributed by atoms with E-state index in [1.165, 1.54) is 29.8 Å². The van der Waals surface area contributed by atoms with E-state index in [0.717, 1.165) is 43.9 Å². The standard InChI is InChI=1S/C15H27N3OS/c1-4-7-16-10-14-12(2)17-15(20-14)18(3)11-13-5-8-19-9-6-13/h13,16H,4-11H2,1-3H3. The average molecular weight is 297 g/mol. The predicted molar refractivity (Wildman–Crippen MR) is 85.7 cm³/mol. The van der Waals surface area contributed by atoms with Crippen molar-refractivity contribution in [3.05, 3.63) is 10.6 Å². The van der Waals surface area contributed by atoms with Gasteiger partial charge in [-0.2, -0.15) is 0 Å². The fourth-order valence-corrected chi connectivity index (χ4v) is 3.51. The van der Waals surface area contributed by atoms with Crippen molar-refractivity contribution in [2.24, 2.45) is 5.92 Å². The fraction of sp³-hybridized carbons (Fsp3) is 0.800. The Morgan fingerprint density at radius 1 is 1.40 bits per heavy atom. The molecule has 1 fully saturated rings. The molecular formula is C15H27N3OS. The Morgan fingerprint density at radius 2 is 2.15 bits per heavy atom. The zero-order chi connectivity index (χ0) is 14.4. The van der Waals surface area contributed by atoms with Crippen LogP contribution in [0.4, 0.5) is 5.13 Å². The molecule has 0 saturated carbocycles. The topological polar surface area (TPSA) is 37.4 Å². The summed E-state index contributed by atoms with van der Waals surface area (Å²) in [6.45, 7) is 9.26. The van der Waals surface area contributed by atoms with Crippen LogP contribution in [-0.2, 0) is 11.3 Å². The molecule has 114 valence electrons. The maximum Gasteiger partial charge on any atom is 0.185 e. The van der Waals surface area contributed by atoms with Gasteiger partial charge in [-0.05, 0) is 38.6 Å². The maximum absolute atomic E-state index is 5.43. The summed E-state index contributed by atoms with van der Waals surface area (Å²) in [6.07, 6.45) is 3.54. The lowest BCUT2D eigenvalue weighted by molar-refractivity contribution is 0.0685. The molecule has 2 heterocycles. The van der Waals surface area contributed by atoms with Crippen LogP contribution in [0, 0.1) is 12.8 Å². The van der Waals surface area contributed by atoms with Crippen LogP contribution in [0.3, 0.4) is 0 Å². The molecule has 5 heteroatoms. The smallest absolute Gasteiger partial charge is 0.185 e. The molecule has 1 aliphatic heterocycles. The highest BCUT2D eigenvalue weighted by Gasteiger charge is 2.18. The van der Waals surface area contributed by atoms with E-state index in [-0.39, 0.29) is 0 Å². The number of thiazole rings is 1. The molecule has 0 radical (unpaired) electrons. The minimum Gasteiger partial charge on any atom is -0.381 e. The molecule has 4 nitrogen and oxygen atoms in total. The van der Waals surface area contributed by atoms with Crippen LogP contribution in [0.1, 0.15) is 36.8 Å². The lowest BCUT2D eigenvalue weighted by Crippen LogP contribution is -2.29. The van der Waals surface area contributed by atoms with Gasteiger partial charge in [-0.25, -0.2) is 4.98 Å². The summed E-state index contributed by atoms with van der Waals surface area (Å²) < 4.78 is 5.43. The highest BCUT2D eigenvalue weighted by molar-refractivity contribution is 7.15. The van der Waals surface area contributed by atoms with E-state index >= 15 is 0 Å². The van der Waals surface area contributed by atoms with Gasteiger partial charge in [0.25, 0.3) is 0 Å². The number of ether oxygens (including phenoxy) is 1. The lowest BCUT2D eigenvalue weighted by Gasteiger charge is -2.26. The minimum absolute atomic E-state index is 0.750. The molecule has 0 atom stereocenters. The lowest BCUT2D eigenvalue weighted by atomic mass is 10.0. The van der Waals surface area contributed by atoms with Crippen LogP contribution in [0.2, 0.25) is 0 Å². The first-order valence-corrected chi connectivity index (χ1v) is 8.48. The highest BCUT2D eigenvalue weighted by Crippen LogP contribution is 2.27. The van der Waals surface area contributed by atoms with Crippen molar-refractivity contribution in [3.8, 4) is 0 Å². The highest BCUT2D eigenvalue weighted by atomic mass is 32.1. The van der Waals surface area contributed by atoms with Crippen LogP contribution < -0.4 is 10.2 Å². The first-order chi connectivity index (χ1) is 9.70. The van der Waals surface area contributed by atoms with Crippen molar-refractivity contribution in [2.45, 2.75) is 39.7 Å². The third-order valence-corrected chi connectivity index (χ3v) is 5.06. The second-order valence-electron chi connectivity index (χ2n) is 5.62. The van der Waals surface area contributed by atoms with Crippen LogP contribution in [0.15, 0.2) is 0 Å². The van der Waals surface area contributed by atoms with E-state index in [1.807, 2.05) is 11.3 Å². The number of nitrogens with one attached hydrogen (secondary N) is 1. The molecule has 0 aliphatic carbocycles. The zero-order valence-corrected chi connectivity index (χ0v) is 13.8. The Balaban J connectivity index is 1.88. The predicted octanol–water partition coefficient (Wildman–Crippen LogP) is 2.81. The minimum atomic E-state index is 0.750. The Bertz CT molecular complexity index is 402. The number of aromatic nitrogens is 1. The van der Waals surface area contributed by atoms with Gasteiger partial charge in [-0.3, -0.25) is 0 Å². The average Bonchev–Trinajstić information content (AvgIpc) is 2.82. The number of rotatable bonds is 7. The summed E-state index contributed by atoms with van der Waals surface area (Å²) in [5.41, 5.74) is 1.17. The van der Waals surface area contributed by atoms with E-state index < -0.39 is 0 Å². The van der Waals surface area contributed by atoms with E-state index in [1.54, 1.807) is 0 Å². The molecule has 0 unspecified atom stereocenters. The molecule has 20 heavy (non-hydrogen) atoms. The molecule has 2 rings (SSSR count). The second kappa shape index (κ2) is 7.96. The van der Waals surface area contributed by atoms with Crippen LogP contribution in [0.5, 0.6) is 0 Å². The fourth-order valence-electron chi connectivity index (χ4n) is 2.51. The second-order valence-corrected chi connectivity index (χ2v) is 6.68. The Morgan fingerprint density at radius 3 is 2.85 bits per heavy atom. The van der Waals surface area contributed by atoms with Gasteiger partial charge in [-0.15, -0.1) is 11.3 Å². The van der Waals surface area contributed by atoms with Crippen molar-refractivity contribution >= 4 is 16.5 Å². The number of hydrogen-bond acceptors (Lipinski definition) is 5. The summed E-state index contributed by atoms with van der Waals surface area (Å²) in [6, 6.07) is 0. The number of hydrogen-bond donors (Lipinski definition) is 1. The van der Waals surface area contributed by atoms with Gasteiger partial charge < -0.3 is 15.0 Å². The largest absolute Gasteiger partial charge is 0.381 e. The third-order valence-electron chi connectivity index (χ3n) is 3.79. The molecule has 1 aliphatic rings. The van der Waals surface area contributed by atoms with Gasteiger partial charge in [0.05, 0.1) is 5.69 Å². The first kappa shape index (κ1) is 15.7. The molecule has 0 aromatic carbocycles. The molecular weight excluding hydrogens is 270 g/mol. The van der Waals surface area contributed by atoms with Gasteiger partial charge in [-0.1, -0.05) is 6.92 Å². The summed E-state index contributed by atoms with van der Waals surface area (Å²) in [5, 5.41) is 4.62. The van der Waals surface area contributed by atoms with Gasteiger partial charge in [0, 0.05) is 38.2 Å². The number of anilines is 1. The van der Waals surface area contributed by atoms with Crippen LogP contribution in [-0.4, -0.2) is 38.3 Å². The quantitative estimate of drug-likeness (QED) is 0.785. The van der Waals surface area contributed by atoms with E-state index in [0.29, 0.717) is 0 Å². The van der Waals surface area contributed by atoms with Crippen molar-refractivity contribution in [1.82, 2.24) is 10.3 Å². The van der Waals surface area contributed by atoms with Crippen molar-refractivity contribution in [3.63, 3.8) is 0 Å². The van der Waals surface area contributed by atoms with E-state index in [4.69, 9.17) is 9.72 Å². The summed E-state index contributed by atoms with van der Waals surface area (Å²) in [7, 11) is 2.16. The normalized spacial score (nSPS) is 16.6. The number of aryl methyl sites for hydroxylation is 1. The monoisotopic (exact) mass is 297 g/mol. The van der Waals surface area contributed by atoms with Crippen molar-refractivity contribution in [2.75, 3.05) is 38.3 Å². The molecule has 1 aromatic heterocycles. The maximum atomic E-state index is 5.43. The van der Waals surface area contributed by atoms with E-state index in [9.17, 15) is 0 Å². The molecule has 1 N–H and O–H groups in total. The summed E-state index contributed by atoms with van der Waals surface area (Å²) in [5.74, 6) is 0.750. The SMILES string of the molecule is CCCNCc1sc(N(C)CC2CCOCC2)nc1C. The summed E-state index contributed by atoms with van der Waals surface area (Å²) in [4.78, 5) is 8.41. The van der Waals surface area contributed by atoms with Gasteiger partial charge in [0.1, 0.15) is 0 Å². The van der Waals surface area contributed by atoms with E-state index in [2.05, 4.69) is 31.1 Å². The molecule has 0 bridgehead atoms. The van der Waals surface area contributed by atoms with Crippen LogP contribution >= 0.6 is 11.3 Å². The Labute approximate surface area is 126 Å². The Hall–Kier alpha value is -0.650. The third kappa shape index (κ3) is 4.43. The molecule has 0 amide bonds. The molecule has 1 saturated heterocycles. The first-order valence-electron chi connectivity index (χ1n) is 7.66. The van der Waals surface area contributed by atoms with Crippen molar-refractivity contribution < 1.29 is 4.74 Å². The van der Waals surface area contributed by atoms with Crippen LogP contribution in [0.25, 0.3) is 0 Å².